The zero-order valence-corrected chi connectivity index (χ0v) is 13.2. The van der Waals surface area contributed by atoms with Crippen molar-refractivity contribution in [1.29, 1.82) is 0 Å². The molecule has 23 heavy (non-hydrogen) atoms. The number of carbonyl (C=O) groups is 2. The predicted molar refractivity (Wildman–Crippen MR) is 82.7 cm³/mol. The van der Waals surface area contributed by atoms with Gasteiger partial charge in [-0.1, -0.05) is 11.8 Å². The van der Waals surface area contributed by atoms with Gasteiger partial charge in [-0.25, -0.2) is 8.78 Å². The Morgan fingerprint density at radius 1 is 1.22 bits per heavy atom. The highest BCUT2D eigenvalue weighted by Gasteiger charge is 2.13. The van der Waals surface area contributed by atoms with E-state index in [0.717, 1.165) is 12.1 Å². The van der Waals surface area contributed by atoms with Crippen LogP contribution in [0.1, 0.15) is 33.8 Å². The minimum Gasteiger partial charge on any atom is -0.447 e. The highest BCUT2D eigenvalue weighted by atomic mass is 32.2. The Morgan fingerprint density at radius 2 is 2.00 bits per heavy atom. The maximum absolute atomic E-state index is 13.4. The summed E-state index contributed by atoms with van der Waals surface area (Å²) >= 11 is 1.40. The fraction of sp³-hybridized carbons (Fsp3) is 0.250. The number of amides is 1. The molecule has 0 unspecified atom stereocenters. The van der Waals surface area contributed by atoms with Crippen LogP contribution in [-0.2, 0) is 0 Å². The Labute approximate surface area is 136 Å². The number of nitrogens with one attached hydrogen (secondary N) is 1. The van der Waals surface area contributed by atoms with Gasteiger partial charge in [-0.15, -0.1) is 0 Å². The standard InChI is InChI=1S/C16H15F2NO3S/c1-23-15-7-6-14(22-15)13(20)3-2-8-19-16(21)11-5-4-10(17)9-12(11)18/h4-7,9H,2-3,8H2,1H3,(H,19,21). The van der Waals surface area contributed by atoms with Crippen molar-refractivity contribution >= 4 is 23.5 Å². The number of rotatable bonds is 7. The Morgan fingerprint density at radius 3 is 2.65 bits per heavy atom. The van der Waals surface area contributed by atoms with E-state index in [1.807, 2.05) is 6.26 Å². The molecular formula is C16H15F2NO3S. The highest BCUT2D eigenvalue weighted by Crippen LogP contribution is 2.19. The normalized spacial score (nSPS) is 10.6. The first-order valence-electron chi connectivity index (χ1n) is 6.91. The maximum Gasteiger partial charge on any atom is 0.254 e. The van der Waals surface area contributed by atoms with Gasteiger partial charge in [0.15, 0.2) is 16.6 Å². The zero-order valence-electron chi connectivity index (χ0n) is 12.4. The number of benzene rings is 1. The molecule has 1 heterocycles. The van der Waals surface area contributed by atoms with Crippen molar-refractivity contribution in [3.8, 4) is 0 Å². The topological polar surface area (TPSA) is 59.3 Å². The summed E-state index contributed by atoms with van der Waals surface area (Å²) in [5.41, 5.74) is -0.228. The average molecular weight is 339 g/mol. The van der Waals surface area contributed by atoms with E-state index in [2.05, 4.69) is 5.32 Å². The van der Waals surface area contributed by atoms with E-state index in [4.69, 9.17) is 4.42 Å². The number of thioether (sulfide) groups is 1. The van der Waals surface area contributed by atoms with Crippen LogP contribution in [0.2, 0.25) is 0 Å². The summed E-state index contributed by atoms with van der Waals surface area (Å²) in [6.07, 6.45) is 2.44. The number of carbonyl (C=O) groups excluding carboxylic acids is 2. The molecule has 0 saturated carbocycles. The third-order valence-electron chi connectivity index (χ3n) is 3.10. The van der Waals surface area contributed by atoms with Gasteiger partial charge < -0.3 is 9.73 Å². The van der Waals surface area contributed by atoms with E-state index in [9.17, 15) is 18.4 Å². The van der Waals surface area contributed by atoms with E-state index in [1.54, 1.807) is 12.1 Å². The summed E-state index contributed by atoms with van der Waals surface area (Å²) in [5, 5.41) is 3.15. The molecule has 0 spiro atoms. The van der Waals surface area contributed by atoms with Gasteiger partial charge in [-0.2, -0.15) is 0 Å². The van der Waals surface area contributed by atoms with Crippen molar-refractivity contribution in [1.82, 2.24) is 5.32 Å². The van der Waals surface area contributed by atoms with E-state index in [-0.39, 0.29) is 30.1 Å². The number of Topliss-reactive ketones (excluding diaryl/α,β-unsaturated/α-hetero) is 1. The van der Waals surface area contributed by atoms with Crippen LogP contribution in [0.5, 0.6) is 0 Å². The molecule has 0 aliphatic carbocycles. The number of ketones is 1. The summed E-state index contributed by atoms with van der Waals surface area (Å²) in [5.74, 6) is -2.18. The molecule has 0 saturated heterocycles. The molecule has 122 valence electrons. The third kappa shape index (κ3) is 4.66. The van der Waals surface area contributed by atoms with Gasteiger partial charge in [0, 0.05) is 19.0 Å². The van der Waals surface area contributed by atoms with Crippen molar-refractivity contribution < 1.29 is 22.8 Å². The lowest BCUT2D eigenvalue weighted by Gasteiger charge is -2.05. The molecule has 2 aromatic rings. The van der Waals surface area contributed by atoms with Gasteiger partial charge in [0.2, 0.25) is 0 Å². The van der Waals surface area contributed by atoms with Crippen LogP contribution in [0.15, 0.2) is 39.8 Å². The summed E-state index contributed by atoms with van der Waals surface area (Å²) < 4.78 is 31.5. The number of hydrogen-bond donors (Lipinski definition) is 1. The first kappa shape index (κ1) is 17.2. The minimum absolute atomic E-state index is 0.160. The van der Waals surface area contributed by atoms with Crippen molar-refractivity contribution in [2.24, 2.45) is 0 Å². The quantitative estimate of drug-likeness (QED) is 0.475. The van der Waals surface area contributed by atoms with Crippen LogP contribution in [0.4, 0.5) is 8.78 Å². The first-order valence-corrected chi connectivity index (χ1v) is 8.14. The maximum atomic E-state index is 13.4. The Balaban J connectivity index is 1.78. The van der Waals surface area contributed by atoms with Gasteiger partial charge in [-0.05, 0) is 36.9 Å². The summed E-state index contributed by atoms with van der Waals surface area (Å²) in [6.45, 7) is 0.206. The molecule has 0 bridgehead atoms. The zero-order chi connectivity index (χ0) is 16.8. The van der Waals surface area contributed by atoms with Crippen LogP contribution in [0.25, 0.3) is 0 Å². The summed E-state index contributed by atoms with van der Waals surface area (Å²) in [4.78, 5) is 23.6. The second-order valence-electron chi connectivity index (χ2n) is 4.73. The smallest absolute Gasteiger partial charge is 0.254 e. The van der Waals surface area contributed by atoms with Crippen LogP contribution in [-0.4, -0.2) is 24.5 Å². The van der Waals surface area contributed by atoms with Gasteiger partial charge >= 0.3 is 0 Å². The molecule has 2 rings (SSSR count). The molecule has 7 heteroatoms. The van der Waals surface area contributed by atoms with Crippen LogP contribution in [0.3, 0.4) is 0 Å². The fourth-order valence-corrected chi connectivity index (χ4v) is 2.30. The van der Waals surface area contributed by atoms with Crippen molar-refractivity contribution in [3.63, 3.8) is 0 Å². The number of halogens is 2. The van der Waals surface area contributed by atoms with E-state index in [0.29, 0.717) is 17.6 Å². The average Bonchev–Trinajstić information content (AvgIpc) is 3.00. The largest absolute Gasteiger partial charge is 0.447 e. The number of furan rings is 1. The SMILES string of the molecule is CSc1ccc(C(=O)CCCNC(=O)c2ccc(F)cc2F)o1. The van der Waals surface area contributed by atoms with E-state index < -0.39 is 17.5 Å². The molecule has 0 fully saturated rings. The monoisotopic (exact) mass is 339 g/mol. The van der Waals surface area contributed by atoms with Gasteiger partial charge in [0.1, 0.15) is 11.6 Å². The van der Waals surface area contributed by atoms with Crippen LogP contribution >= 0.6 is 11.8 Å². The van der Waals surface area contributed by atoms with E-state index in [1.165, 1.54) is 11.8 Å². The molecule has 1 aromatic heterocycles. The third-order valence-corrected chi connectivity index (χ3v) is 3.72. The minimum atomic E-state index is -0.918. The van der Waals surface area contributed by atoms with Crippen molar-refractivity contribution in [3.05, 3.63) is 53.3 Å². The lowest BCUT2D eigenvalue weighted by molar-refractivity contribution is 0.0923. The Hall–Kier alpha value is -2.15. The van der Waals surface area contributed by atoms with Gasteiger partial charge in [0.05, 0.1) is 5.56 Å². The molecule has 0 radical (unpaired) electrons. The summed E-state index contributed by atoms with van der Waals surface area (Å²) in [7, 11) is 0. The Kier molecular flexibility index (Phi) is 5.92. The summed E-state index contributed by atoms with van der Waals surface area (Å²) in [6, 6.07) is 6.08. The molecule has 0 aliphatic heterocycles. The van der Waals surface area contributed by atoms with Gasteiger partial charge in [0.25, 0.3) is 5.91 Å². The second-order valence-corrected chi connectivity index (χ2v) is 5.54. The molecule has 0 atom stereocenters. The molecule has 4 nitrogen and oxygen atoms in total. The Bertz CT molecular complexity index is 715. The number of hydrogen-bond acceptors (Lipinski definition) is 4. The first-order chi connectivity index (χ1) is 11.0. The molecular weight excluding hydrogens is 324 g/mol. The molecule has 0 aliphatic rings. The molecule has 1 aromatic carbocycles. The van der Waals surface area contributed by atoms with Crippen LogP contribution in [0, 0.1) is 11.6 Å². The molecule has 1 amide bonds. The fourth-order valence-electron chi connectivity index (χ4n) is 1.92. The van der Waals surface area contributed by atoms with Crippen molar-refractivity contribution in [2.75, 3.05) is 12.8 Å². The van der Waals surface area contributed by atoms with Gasteiger partial charge in [-0.3, -0.25) is 9.59 Å². The predicted octanol–water partition coefficient (Wildman–Crippen LogP) is 3.67. The van der Waals surface area contributed by atoms with Crippen molar-refractivity contribution in [2.45, 2.75) is 17.9 Å². The highest BCUT2D eigenvalue weighted by molar-refractivity contribution is 7.98. The lowest BCUT2D eigenvalue weighted by atomic mass is 10.1. The van der Waals surface area contributed by atoms with E-state index >= 15 is 0 Å². The van der Waals surface area contributed by atoms with Crippen LogP contribution < -0.4 is 5.32 Å². The second kappa shape index (κ2) is 7.92. The molecule has 1 N–H and O–H groups in total. The lowest BCUT2D eigenvalue weighted by Crippen LogP contribution is -2.25.